The second-order valence-electron chi connectivity index (χ2n) is 15.1. The fourth-order valence-electron chi connectivity index (χ4n) is 10.7. The number of allylic oxidation sites excluding steroid dienone is 2. The number of rotatable bonds is 2. The highest BCUT2D eigenvalue weighted by atomic mass is 16.4. The van der Waals surface area contributed by atoms with Crippen molar-refractivity contribution >= 4 is 5.97 Å². The smallest absolute Gasteiger partial charge is 0.310 e. The number of carboxylic acids is 1. The van der Waals surface area contributed by atoms with Gasteiger partial charge in [0.1, 0.15) is 0 Å². The monoisotopic (exact) mass is 488 g/mol. The summed E-state index contributed by atoms with van der Waals surface area (Å²) in [4.78, 5) is 12.8. The Balaban J connectivity index is 1.63. The highest BCUT2D eigenvalue weighted by Crippen LogP contribution is 2.75. The first-order valence-corrected chi connectivity index (χ1v) is 14.0. The number of hydrogen-bond donors (Lipinski definition) is 4. The van der Waals surface area contributed by atoms with Crippen LogP contribution < -0.4 is 0 Å². The van der Waals surface area contributed by atoms with Crippen LogP contribution in [0, 0.1) is 50.2 Å². The minimum absolute atomic E-state index is 0.0277. The fourth-order valence-corrected chi connectivity index (χ4v) is 10.7. The highest BCUT2D eigenvalue weighted by Gasteiger charge is 2.71. The molecular weight excluding hydrogens is 440 g/mol. The molecule has 0 bridgehead atoms. The van der Waals surface area contributed by atoms with Crippen molar-refractivity contribution < 1.29 is 25.2 Å². The van der Waals surface area contributed by atoms with Crippen molar-refractivity contribution in [2.45, 2.75) is 112 Å². The minimum atomic E-state index is -0.834. The lowest BCUT2D eigenvalue weighted by Crippen LogP contribution is -2.68. The van der Waals surface area contributed by atoms with Gasteiger partial charge in [-0.15, -0.1) is 0 Å². The molecule has 0 unspecified atom stereocenters. The lowest BCUT2D eigenvalue weighted by molar-refractivity contribution is -0.248. The maximum absolute atomic E-state index is 12.8. The van der Waals surface area contributed by atoms with E-state index in [1.807, 2.05) is 0 Å². The van der Waals surface area contributed by atoms with Crippen LogP contribution in [0.1, 0.15) is 99.3 Å². The summed E-state index contributed by atoms with van der Waals surface area (Å²) < 4.78 is 0. The molecule has 0 radical (unpaired) electrons. The van der Waals surface area contributed by atoms with E-state index in [4.69, 9.17) is 0 Å². The van der Waals surface area contributed by atoms with Crippen LogP contribution in [0.3, 0.4) is 0 Å². The average molecular weight is 489 g/mol. The largest absolute Gasteiger partial charge is 0.481 e. The van der Waals surface area contributed by atoms with Gasteiger partial charge in [0.2, 0.25) is 0 Å². The zero-order valence-electron chi connectivity index (χ0n) is 22.7. The molecule has 0 aromatic heterocycles. The Labute approximate surface area is 211 Å². The van der Waals surface area contributed by atoms with E-state index >= 15 is 0 Å². The van der Waals surface area contributed by atoms with Crippen molar-refractivity contribution in [3.05, 3.63) is 11.6 Å². The molecule has 0 amide bonds. The van der Waals surface area contributed by atoms with Gasteiger partial charge >= 0.3 is 5.97 Å². The van der Waals surface area contributed by atoms with Gasteiger partial charge in [-0.05, 0) is 97.2 Å². The van der Waals surface area contributed by atoms with Crippen molar-refractivity contribution in [1.82, 2.24) is 0 Å². The molecule has 5 heteroatoms. The molecule has 4 N–H and O–H groups in total. The summed E-state index contributed by atoms with van der Waals surface area (Å²) in [6.45, 7) is 13.5. The molecule has 5 aliphatic carbocycles. The first kappa shape index (κ1) is 25.7. The van der Waals surface area contributed by atoms with Crippen molar-refractivity contribution in [3.8, 4) is 0 Å². The lowest BCUT2D eigenvalue weighted by Gasteiger charge is -2.71. The number of aliphatic hydroxyl groups excluding tert-OH is 3. The van der Waals surface area contributed by atoms with E-state index in [0.717, 1.165) is 51.4 Å². The first-order valence-electron chi connectivity index (χ1n) is 14.0. The second-order valence-corrected chi connectivity index (χ2v) is 15.1. The summed E-state index contributed by atoms with van der Waals surface area (Å²) >= 11 is 0. The highest BCUT2D eigenvalue weighted by molar-refractivity contribution is 5.76. The van der Waals surface area contributed by atoms with Gasteiger partial charge < -0.3 is 20.4 Å². The van der Waals surface area contributed by atoms with Crippen LogP contribution in [-0.2, 0) is 4.79 Å². The molecule has 5 nitrogen and oxygen atoms in total. The number of fused-ring (bicyclic) bond motifs is 7. The minimum Gasteiger partial charge on any atom is -0.481 e. The quantitative estimate of drug-likeness (QED) is 0.402. The maximum Gasteiger partial charge on any atom is 0.310 e. The van der Waals surface area contributed by atoms with Gasteiger partial charge in [-0.1, -0.05) is 53.2 Å². The molecular formula is C30H48O5. The van der Waals surface area contributed by atoms with Crippen LogP contribution in [-0.4, -0.2) is 45.2 Å². The predicted molar refractivity (Wildman–Crippen MR) is 135 cm³/mol. The van der Waals surface area contributed by atoms with Gasteiger partial charge in [0.15, 0.2) is 0 Å². The van der Waals surface area contributed by atoms with Crippen LogP contribution in [0.5, 0.6) is 0 Å². The standard InChI is InChI=1S/C30H48O5/c1-25(2)11-13-29(24(34)35)14-12-27(5)18(19(29)15-25)7-8-22-28(27,6)10-9-21-26(3,4)23(33)20(32)16-30(21,22)17-31/h7,19-23,31-33H,8-17H2,1-6H3,(H,34,35)/t19-,20+,21-,22+,23-,27+,28+,29-,30+/m0/s1. The van der Waals surface area contributed by atoms with Crippen LogP contribution >= 0.6 is 0 Å². The summed E-state index contributed by atoms with van der Waals surface area (Å²) in [6.07, 6.45) is 8.21. The molecule has 0 aliphatic heterocycles. The maximum atomic E-state index is 12.8. The molecule has 5 aliphatic rings. The number of carbonyl (C=O) groups is 1. The SMILES string of the molecule is CC1(C)CC[C@]2(C(=O)O)CC[C@]3(C)C(=CC[C@H]4[C@@]5(CO)C[C@@H](O)[C@H](O)C(C)(C)[C@@H]5CC[C@]43C)[C@@H]2C1. The van der Waals surface area contributed by atoms with Crippen molar-refractivity contribution in [3.63, 3.8) is 0 Å². The van der Waals surface area contributed by atoms with E-state index in [1.54, 1.807) is 0 Å². The molecule has 0 aromatic carbocycles. The van der Waals surface area contributed by atoms with E-state index in [9.17, 15) is 25.2 Å². The van der Waals surface area contributed by atoms with Crippen LogP contribution in [0.15, 0.2) is 11.6 Å². The zero-order chi connectivity index (χ0) is 25.8. The first-order chi connectivity index (χ1) is 16.1. The molecule has 0 spiro atoms. The van der Waals surface area contributed by atoms with E-state index in [1.165, 1.54) is 5.57 Å². The van der Waals surface area contributed by atoms with Gasteiger partial charge in [0.25, 0.3) is 0 Å². The molecule has 5 rings (SSSR count). The topological polar surface area (TPSA) is 98.0 Å². The molecule has 198 valence electrons. The van der Waals surface area contributed by atoms with Crippen molar-refractivity contribution in [1.29, 1.82) is 0 Å². The predicted octanol–water partition coefficient (Wildman–Crippen LogP) is 5.18. The van der Waals surface area contributed by atoms with Gasteiger partial charge in [0, 0.05) is 12.0 Å². The summed E-state index contributed by atoms with van der Waals surface area (Å²) in [6, 6.07) is 0. The van der Waals surface area contributed by atoms with E-state index in [2.05, 4.69) is 47.6 Å². The Kier molecular flexibility index (Phi) is 5.56. The molecule has 4 saturated carbocycles. The number of hydrogen-bond acceptors (Lipinski definition) is 4. The Morgan fingerprint density at radius 1 is 0.943 bits per heavy atom. The lowest BCUT2D eigenvalue weighted by atomic mass is 9.33. The van der Waals surface area contributed by atoms with E-state index in [-0.39, 0.29) is 40.6 Å². The average Bonchev–Trinajstić information content (AvgIpc) is 2.77. The third-order valence-corrected chi connectivity index (χ3v) is 13.0. The molecule has 0 saturated heterocycles. The van der Waals surface area contributed by atoms with Gasteiger partial charge in [0.05, 0.1) is 17.6 Å². The molecule has 4 fully saturated rings. The van der Waals surface area contributed by atoms with Crippen molar-refractivity contribution in [2.24, 2.45) is 50.2 Å². The molecule has 0 aromatic rings. The van der Waals surface area contributed by atoms with Crippen LogP contribution in [0.25, 0.3) is 0 Å². The Morgan fingerprint density at radius 2 is 1.60 bits per heavy atom. The summed E-state index contributed by atoms with van der Waals surface area (Å²) in [7, 11) is 0. The summed E-state index contributed by atoms with van der Waals surface area (Å²) in [5, 5.41) is 43.4. The molecule has 35 heavy (non-hydrogen) atoms. The van der Waals surface area contributed by atoms with Gasteiger partial charge in [-0.3, -0.25) is 4.79 Å². The third kappa shape index (κ3) is 3.07. The van der Waals surface area contributed by atoms with E-state index in [0.29, 0.717) is 6.42 Å². The Bertz CT molecular complexity index is 937. The molecule has 9 atom stereocenters. The third-order valence-electron chi connectivity index (χ3n) is 13.0. The van der Waals surface area contributed by atoms with E-state index < -0.39 is 34.4 Å². The van der Waals surface area contributed by atoms with Crippen LogP contribution in [0.4, 0.5) is 0 Å². The summed E-state index contributed by atoms with van der Waals surface area (Å²) in [5.74, 6) is -0.207. The number of aliphatic carboxylic acids is 1. The Morgan fingerprint density at radius 3 is 2.23 bits per heavy atom. The zero-order valence-corrected chi connectivity index (χ0v) is 22.7. The van der Waals surface area contributed by atoms with Crippen molar-refractivity contribution in [2.75, 3.05) is 6.61 Å². The second kappa shape index (κ2) is 7.57. The van der Waals surface area contributed by atoms with Gasteiger partial charge in [-0.2, -0.15) is 0 Å². The summed E-state index contributed by atoms with van der Waals surface area (Å²) in [5.41, 5.74) is -0.245. The number of aliphatic hydroxyl groups is 3. The Hall–Kier alpha value is -0.910. The van der Waals surface area contributed by atoms with Gasteiger partial charge in [-0.25, -0.2) is 0 Å². The fraction of sp³-hybridized carbons (Fsp3) is 0.900. The molecule has 0 heterocycles. The number of carboxylic acid groups (broad SMARTS) is 1. The normalized spacial score (nSPS) is 52.3. The van der Waals surface area contributed by atoms with Crippen LogP contribution in [0.2, 0.25) is 0 Å².